The lowest BCUT2D eigenvalue weighted by atomic mass is 10.0. The van der Waals surface area contributed by atoms with Crippen molar-refractivity contribution in [1.82, 2.24) is 15.1 Å². The van der Waals surface area contributed by atoms with Crippen LogP contribution >= 0.6 is 0 Å². The zero-order valence-corrected chi connectivity index (χ0v) is 8.60. The van der Waals surface area contributed by atoms with Gasteiger partial charge in [0, 0.05) is 18.3 Å². The van der Waals surface area contributed by atoms with E-state index in [1.807, 2.05) is 10.9 Å². The van der Waals surface area contributed by atoms with E-state index in [1.165, 1.54) is 12.8 Å². The monoisotopic (exact) mass is 205 g/mol. The molecule has 0 amide bonds. The van der Waals surface area contributed by atoms with Gasteiger partial charge in [-0.1, -0.05) is 0 Å². The summed E-state index contributed by atoms with van der Waals surface area (Å²) < 4.78 is 1.97. The minimum atomic E-state index is 0.484. The Morgan fingerprint density at radius 2 is 2.13 bits per heavy atom. The van der Waals surface area contributed by atoms with Crippen LogP contribution in [0.4, 0.5) is 0 Å². The highest BCUT2D eigenvalue weighted by Gasteiger charge is 2.34. The molecule has 1 N–H and O–H groups in total. The van der Waals surface area contributed by atoms with E-state index in [1.54, 1.807) is 6.20 Å². The molecular weight excluding hydrogens is 190 g/mol. The Morgan fingerprint density at radius 1 is 1.40 bits per heavy atom. The Bertz CT molecular complexity index is 362. The molecule has 2 bridgehead atoms. The van der Waals surface area contributed by atoms with Crippen molar-refractivity contribution in [2.24, 2.45) is 0 Å². The van der Waals surface area contributed by atoms with Gasteiger partial charge < -0.3 is 5.32 Å². The lowest BCUT2D eigenvalue weighted by Crippen LogP contribution is -2.38. The van der Waals surface area contributed by atoms with Crippen LogP contribution in [-0.4, -0.2) is 28.2 Å². The summed E-state index contributed by atoms with van der Waals surface area (Å²) in [5.74, 6) is 0. The van der Waals surface area contributed by atoms with Crippen molar-refractivity contribution in [2.45, 2.75) is 43.8 Å². The number of nitrogens with one attached hydrogen (secondary N) is 1. The predicted octanol–water partition coefficient (Wildman–Crippen LogP) is 1.15. The summed E-state index contributed by atoms with van der Waals surface area (Å²) in [6.07, 6.45) is 9.26. The number of nitrogens with zero attached hydrogens (tertiary/aromatic N) is 2. The molecule has 3 rings (SSSR count). The third-order valence-electron chi connectivity index (χ3n) is 3.58. The highest BCUT2D eigenvalue weighted by Crippen LogP contribution is 2.33. The summed E-state index contributed by atoms with van der Waals surface area (Å²) in [4.78, 5) is 10.6. The Kier molecular flexibility index (Phi) is 2.09. The molecule has 2 unspecified atom stereocenters. The maximum absolute atomic E-state index is 10.6. The number of hydrogen-bond acceptors (Lipinski definition) is 3. The normalized spacial score (nSPS) is 34.3. The van der Waals surface area contributed by atoms with Crippen LogP contribution in [0.3, 0.4) is 0 Å². The third-order valence-corrected chi connectivity index (χ3v) is 3.58. The Hall–Kier alpha value is -1.16. The first-order valence-corrected chi connectivity index (χ1v) is 5.60. The maximum atomic E-state index is 10.6. The molecule has 0 radical (unpaired) electrons. The molecule has 0 saturated carbocycles. The van der Waals surface area contributed by atoms with Crippen LogP contribution in [0.5, 0.6) is 0 Å². The number of rotatable bonds is 2. The minimum Gasteiger partial charge on any atom is -0.311 e. The van der Waals surface area contributed by atoms with E-state index in [0.29, 0.717) is 23.7 Å². The van der Waals surface area contributed by atoms with E-state index in [0.717, 1.165) is 19.1 Å². The van der Waals surface area contributed by atoms with Crippen LogP contribution in [0.1, 0.15) is 42.1 Å². The van der Waals surface area contributed by atoms with E-state index >= 15 is 0 Å². The number of piperidine rings is 1. The van der Waals surface area contributed by atoms with Gasteiger partial charge in [0.25, 0.3) is 0 Å². The van der Waals surface area contributed by atoms with Gasteiger partial charge in [-0.15, -0.1) is 0 Å². The molecule has 2 fully saturated rings. The number of fused-ring (bicyclic) bond motifs is 2. The second-order valence-corrected chi connectivity index (χ2v) is 4.63. The number of hydrogen-bond donors (Lipinski definition) is 1. The summed E-state index contributed by atoms with van der Waals surface area (Å²) in [5, 5.41) is 7.87. The second-order valence-electron chi connectivity index (χ2n) is 4.63. The predicted molar refractivity (Wildman–Crippen MR) is 55.8 cm³/mol. The fourth-order valence-corrected chi connectivity index (χ4v) is 2.86. The van der Waals surface area contributed by atoms with E-state index in [9.17, 15) is 4.79 Å². The summed E-state index contributed by atoms with van der Waals surface area (Å²) in [6, 6.07) is 1.81. The first kappa shape index (κ1) is 9.09. The van der Waals surface area contributed by atoms with Gasteiger partial charge >= 0.3 is 0 Å². The molecular formula is C11H15N3O. The molecule has 0 aliphatic carbocycles. The third kappa shape index (κ3) is 1.59. The van der Waals surface area contributed by atoms with Gasteiger partial charge in [0.05, 0.1) is 17.8 Å². The zero-order chi connectivity index (χ0) is 10.3. The van der Waals surface area contributed by atoms with E-state index in [4.69, 9.17) is 0 Å². The summed E-state index contributed by atoms with van der Waals surface area (Å²) in [5.41, 5.74) is 0.681. The Balaban J connectivity index is 1.79. The van der Waals surface area contributed by atoms with Gasteiger partial charge in [0.15, 0.2) is 6.29 Å². The van der Waals surface area contributed by atoms with Crippen molar-refractivity contribution >= 4 is 6.29 Å². The smallest absolute Gasteiger partial charge is 0.153 e. The van der Waals surface area contributed by atoms with Gasteiger partial charge in [0.2, 0.25) is 0 Å². The SMILES string of the molecule is O=Cc1cnn(C2CC3CCC(C2)N3)c1. The highest BCUT2D eigenvalue weighted by molar-refractivity contribution is 5.73. The van der Waals surface area contributed by atoms with E-state index in [-0.39, 0.29) is 0 Å². The Labute approximate surface area is 88.7 Å². The topological polar surface area (TPSA) is 46.9 Å². The van der Waals surface area contributed by atoms with Crippen molar-refractivity contribution in [2.75, 3.05) is 0 Å². The van der Waals surface area contributed by atoms with Crippen molar-refractivity contribution in [3.8, 4) is 0 Å². The lowest BCUT2D eigenvalue weighted by Gasteiger charge is -2.29. The first-order chi connectivity index (χ1) is 7.35. The van der Waals surface area contributed by atoms with E-state index < -0.39 is 0 Å². The number of carbonyl (C=O) groups is 1. The van der Waals surface area contributed by atoms with Crippen molar-refractivity contribution in [1.29, 1.82) is 0 Å². The quantitative estimate of drug-likeness (QED) is 0.737. The number of aldehydes is 1. The average molecular weight is 205 g/mol. The molecule has 1 aromatic heterocycles. The molecule has 1 aromatic rings. The first-order valence-electron chi connectivity index (χ1n) is 5.60. The zero-order valence-electron chi connectivity index (χ0n) is 8.60. The summed E-state index contributed by atoms with van der Waals surface area (Å²) >= 11 is 0. The summed E-state index contributed by atoms with van der Waals surface area (Å²) in [6.45, 7) is 0. The van der Waals surface area contributed by atoms with E-state index in [2.05, 4.69) is 10.4 Å². The molecule has 2 aliphatic rings. The van der Waals surface area contributed by atoms with Crippen molar-refractivity contribution in [3.05, 3.63) is 18.0 Å². The number of aromatic nitrogens is 2. The van der Waals surface area contributed by atoms with Gasteiger partial charge in [-0.3, -0.25) is 9.48 Å². The van der Waals surface area contributed by atoms with Gasteiger partial charge in [-0.05, 0) is 25.7 Å². The molecule has 80 valence electrons. The minimum absolute atomic E-state index is 0.484. The van der Waals surface area contributed by atoms with Crippen LogP contribution in [0.2, 0.25) is 0 Å². The summed E-state index contributed by atoms with van der Waals surface area (Å²) in [7, 11) is 0. The van der Waals surface area contributed by atoms with Crippen molar-refractivity contribution in [3.63, 3.8) is 0 Å². The lowest BCUT2D eigenvalue weighted by molar-refractivity contribution is 0.112. The van der Waals surface area contributed by atoms with Gasteiger partial charge in [-0.25, -0.2) is 0 Å². The molecule has 4 heteroatoms. The second kappa shape index (κ2) is 3.45. The van der Waals surface area contributed by atoms with Crippen LogP contribution in [0.15, 0.2) is 12.4 Å². The fraction of sp³-hybridized carbons (Fsp3) is 0.636. The van der Waals surface area contributed by atoms with Crippen molar-refractivity contribution < 1.29 is 4.79 Å². The molecule has 2 aliphatic heterocycles. The van der Waals surface area contributed by atoms with Crippen LogP contribution in [0, 0.1) is 0 Å². The largest absolute Gasteiger partial charge is 0.311 e. The molecule has 15 heavy (non-hydrogen) atoms. The highest BCUT2D eigenvalue weighted by atomic mass is 16.1. The van der Waals surface area contributed by atoms with Gasteiger partial charge in [0.1, 0.15) is 0 Å². The molecule has 2 saturated heterocycles. The van der Waals surface area contributed by atoms with Gasteiger partial charge in [-0.2, -0.15) is 5.10 Å². The molecule has 4 nitrogen and oxygen atoms in total. The van der Waals surface area contributed by atoms with Crippen LogP contribution in [-0.2, 0) is 0 Å². The maximum Gasteiger partial charge on any atom is 0.153 e. The molecule has 0 aromatic carbocycles. The molecule has 0 spiro atoms. The standard InChI is InChI=1S/C11H15N3O/c15-7-8-5-12-14(6-8)11-3-9-1-2-10(4-11)13-9/h5-7,9-11,13H,1-4H2. The molecule has 3 heterocycles. The number of carbonyl (C=O) groups excluding carboxylic acids is 1. The Morgan fingerprint density at radius 3 is 2.73 bits per heavy atom. The van der Waals surface area contributed by atoms with Crippen LogP contribution < -0.4 is 5.32 Å². The fourth-order valence-electron chi connectivity index (χ4n) is 2.86. The average Bonchev–Trinajstić information content (AvgIpc) is 2.85. The van der Waals surface area contributed by atoms with Crippen LogP contribution in [0.25, 0.3) is 0 Å². The molecule has 2 atom stereocenters.